The molecule has 14 heavy (non-hydrogen) atoms. The van der Waals surface area contributed by atoms with Gasteiger partial charge in [-0.1, -0.05) is 15.9 Å². The number of aromatic hydroxyl groups is 1. The maximum Gasteiger partial charge on any atom is 0.123 e. The molecule has 1 unspecified atom stereocenters. The molecule has 0 saturated carbocycles. The van der Waals surface area contributed by atoms with Gasteiger partial charge < -0.3 is 15.9 Å². The molecule has 0 spiro atoms. The minimum absolute atomic E-state index is 0.173. The van der Waals surface area contributed by atoms with E-state index in [1.165, 1.54) is 0 Å². The number of aliphatic hydroxyl groups excluding tert-OH is 1. The van der Waals surface area contributed by atoms with E-state index >= 15 is 0 Å². The summed E-state index contributed by atoms with van der Waals surface area (Å²) < 4.78 is 0.895. The molecular formula is C10H14BrNO2. The summed E-state index contributed by atoms with van der Waals surface area (Å²) in [4.78, 5) is 0. The Labute approximate surface area is 91.7 Å². The third-order valence-electron chi connectivity index (χ3n) is 2.30. The first-order valence-electron chi connectivity index (χ1n) is 4.34. The van der Waals surface area contributed by atoms with E-state index in [2.05, 4.69) is 15.9 Å². The standard InChI is InChI=1S/C10H14BrNO2/c1-5-3-7(11)6(2)9(10(5)14)8(12)4-13/h3,8,13-14H,4,12H2,1-2H3. The molecule has 1 aromatic rings. The highest BCUT2D eigenvalue weighted by Crippen LogP contribution is 2.34. The first kappa shape index (κ1) is 11.5. The lowest BCUT2D eigenvalue weighted by atomic mass is 9.98. The van der Waals surface area contributed by atoms with Crippen LogP contribution in [0.4, 0.5) is 0 Å². The van der Waals surface area contributed by atoms with Crippen LogP contribution in [0.5, 0.6) is 5.75 Å². The smallest absolute Gasteiger partial charge is 0.123 e. The summed E-state index contributed by atoms with van der Waals surface area (Å²) in [6.07, 6.45) is 0. The van der Waals surface area contributed by atoms with Gasteiger partial charge in [0, 0.05) is 10.0 Å². The van der Waals surface area contributed by atoms with Gasteiger partial charge in [-0.25, -0.2) is 0 Å². The molecule has 0 amide bonds. The number of benzene rings is 1. The molecule has 0 radical (unpaired) electrons. The molecule has 4 heteroatoms. The number of nitrogens with two attached hydrogens (primary N) is 1. The average molecular weight is 260 g/mol. The predicted octanol–water partition coefficient (Wildman–Crippen LogP) is 1.76. The first-order chi connectivity index (χ1) is 6.49. The summed E-state index contributed by atoms with van der Waals surface area (Å²) in [6, 6.07) is 1.30. The monoisotopic (exact) mass is 259 g/mol. The van der Waals surface area contributed by atoms with E-state index in [1.54, 1.807) is 6.92 Å². The lowest BCUT2D eigenvalue weighted by Crippen LogP contribution is -2.16. The normalized spacial score (nSPS) is 12.9. The van der Waals surface area contributed by atoms with Crippen LogP contribution < -0.4 is 5.73 Å². The summed E-state index contributed by atoms with van der Waals surface area (Å²) in [5.41, 5.74) is 7.93. The summed E-state index contributed by atoms with van der Waals surface area (Å²) in [5, 5.41) is 18.8. The maximum atomic E-state index is 9.79. The number of rotatable bonds is 2. The van der Waals surface area contributed by atoms with Crippen LogP contribution in [0.25, 0.3) is 0 Å². The Bertz CT molecular complexity index is 326. The fourth-order valence-corrected chi connectivity index (χ4v) is 1.99. The molecule has 0 heterocycles. The van der Waals surface area contributed by atoms with Gasteiger partial charge in [-0.3, -0.25) is 0 Å². The Morgan fingerprint density at radius 3 is 2.57 bits per heavy atom. The molecule has 1 rings (SSSR count). The van der Waals surface area contributed by atoms with Crippen molar-refractivity contribution in [3.63, 3.8) is 0 Å². The Balaban J connectivity index is 3.39. The van der Waals surface area contributed by atoms with Crippen LogP contribution in [-0.2, 0) is 0 Å². The summed E-state index contributed by atoms with van der Waals surface area (Å²) in [6.45, 7) is 3.48. The molecule has 1 atom stereocenters. The highest BCUT2D eigenvalue weighted by molar-refractivity contribution is 9.10. The number of hydrogen-bond acceptors (Lipinski definition) is 3. The summed E-state index contributed by atoms with van der Waals surface area (Å²) in [5.74, 6) is 0.173. The van der Waals surface area contributed by atoms with E-state index < -0.39 is 6.04 Å². The van der Waals surface area contributed by atoms with Crippen molar-refractivity contribution in [1.29, 1.82) is 0 Å². The van der Waals surface area contributed by atoms with E-state index in [0.29, 0.717) is 5.56 Å². The van der Waals surface area contributed by atoms with E-state index in [4.69, 9.17) is 10.8 Å². The van der Waals surface area contributed by atoms with Crippen molar-refractivity contribution in [3.8, 4) is 5.75 Å². The Kier molecular flexibility index (Phi) is 3.53. The number of aliphatic hydroxyl groups is 1. The number of halogens is 1. The molecule has 0 saturated heterocycles. The summed E-state index contributed by atoms with van der Waals surface area (Å²) in [7, 11) is 0. The van der Waals surface area contributed by atoms with Crippen molar-refractivity contribution >= 4 is 15.9 Å². The fourth-order valence-electron chi connectivity index (χ4n) is 1.43. The van der Waals surface area contributed by atoms with Gasteiger partial charge in [0.1, 0.15) is 5.75 Å². The maximum absolute atomic E-state index is 9.79. The van der Waals surface area contributed by atoms with Gasteiger partial charge in [-0.05, 0) is 31.0 Å². The average Bonchev–Trinajstić information content (AvgIpc) is 2.15. The number of phenols is 1. The molecule has 78 valence electrons. The Hall–Kier alpha value is -0.580. The van der Waals surface area contributed by atoms with Crippen LogP contribution in [0.15, 0.2) is 10.5 Å². The minimum Gasteiger partial charge on any atom is -0.507 e. The van der Waals surface area contributed by atoms with Gasteiger partial charge in [0.15, 0.2) is 0 Å². The zero-order chi connectivity index (χ0) is 10.9. The quantitative estimate of drug-likeness (QED) is 0.759. The largest absolute Gasteiger partial charge is 0.507 e. The number of aryl methyl sites for hydroxylation is 1. The second-order valence-corrected chi connectivity index (χ2v) is 4.21. The van der Waals surface area contributed by atoms with E-state index in [-0.39, 0.29) is 12.4 Å². The highest BCUT2D eigenvalue weighted by Gasteiger charge is 2.16. The third kappa shape index (κ3) is 1.92. The SMILES string of the molecule is Cc1cc(Br)c(C)c(C(N)CO)c1O. The van der Waals surface area contributed by atoms with Gasteiger partial charge in [0.05, 0.1) is 12.6 Å². The Morgan fingerprint density at radius 2 is 2.07 bits per heavy atom. The minimum atomic E-state index is -0.536. The van der Waals surface area contributed by atoms with Gasteiger partial charge in [-0.2, -0.15) is 0 Å². The second kappa shape index (κ2) is 4.29. The van der Waals surface area contributed by atoms with Crippen molar-refractivity contribution in [2.24, 2.45) is 5.73 Å². The second-order valence-electron chi connectivity index (χ2n) is 3.35. The van der Waals surface area contributed by atoms with Crippen LogP contribution in [-0.4, -0.2) is 16.8 Å². The number of phenolic OH excluding ortho intramolecular Hbond substituents is 1. The topological polar surface area (TPSA) is 66.5 Å². The molecule has 1 aromatic carbocycles. The molecule has 0 fully saturated rings. The van der Waals surface area contributed by atoms with Crippen molar-refractivity contribution in [1.82, 2.24) is 0 Å². The van der Waals surface area contributed by atoms with Crippen LogP contribution in [0.1, 0.15) is 22.7 Å². The molecule has 0 bridgehead atoms. The zero-order valence-corrected chi connectivity index (χ0v) is 9.80. The molecular weight excluding hydrogens is 246 g/mol. The van der Waals surface area contributed by atoms with E-state index in [9.17, 15) is 5.11 Å². The third-order valence-corrected chi connectivity index (χ3v) is 3.13. The molecule has 3 nitrogen and oxygen atoms in total. The van der Waals surface area contributed by atoms with Gasteiger partial charge >= 0.3 is 0 Å². The van der Waals surface area contributed by atoms with Gasteiger partial charge in [0.25, 0.3) is 0 Å². The van der Waals surface area contributed by atoms with Crippen molar-refractivity contribution in [2.75, 3.05) is 6.61 Å². The Morgan fingerprint density at radius 1 is 1.50 bits per heavy atom. The van der Waals surface area contributed by atoms with Crippen molar-refractivity contribution in [3.05, 3.63) is 27.2 Å². The molecule has 0 aliphatic carbocycles. The van der Waals surface area contributed by atoms with Crippen LogP contribution in [0, 0.1) is 13.8 Å². The molecule has 4 N–H and O–H groups in total. The zero-order valence-electron chi connectivity index (χ0n) is 8.21. The highest BCUT2D eigenvalue weighted by atomic mass is 79.9. The fraction of sp³-hybridized carbons (Fsp3) is 0.400. The van der Waals surface area contributed by atoms with E-state index in [1.807, 2.05) is 13.0 Å². The van der Waals surface area contributed by atoms with Crippen molar-refractivity contribution in [2.45, 2.75) is 19.9 Å². The van der Waals surface area contributed by atoms with Crippen LogP contribution in [0.2, 0.25) is 0 Å². The van der Waals surface area contributed by atoms with Crippen LogP contribution in [0.3, 0.4) is 0 Å². The van der Waals surface area contributed by atoms with Gasteiger partial charge in [0.2, 0.25) is 0 Å². The lowest BCUT2D eigenvalue weighted by molar-refractivity contribution is 0.264. The molecule has 0 aliphatic heterocycles. The summed E-state index contributed by atoms with van der Waals surface area (Å²) >= 11 is 3.38. The number of hydrogen-bond donors (Lipinski definition) is 3. The lowest BCUT2D eigenvalue weighted by Gasteiger charge is -2.17. The first-order valence-corrected chi connectivity index (χ1v) is 5.13. The predicted molar refractivity (Wildman–Crippen MR) is 59.3 cm³/mol. The van der Waals surface area contributed by atoms with E-state index in [0.717, 1.165) is 15.6 Å². The van der Waals surface area contributed by atoms with Crippen LogP contribution >= 0.6 is 15.9 Å². The van der Waals surface area contributed by atoms with Gasteiger partial charge in [-0.15, -0.1) is 0 Å². The molecule has 0 aliphatic rings. The van der Waals surface area contributed by atoms with Crippen molar-refractivity contribution < 1.29 is 10.2 Å². The molecule has 0 aromatic heterocycles.